The molecule has 0 fully saturated rings. The molecule has 116 valence electrons. The number of benzene rings is 1. The SMILES string of the molecule is COc1ccc(NC(C)=O)c(NC(=O)c2c[nH]c(=O)n2C)c1. The normalized spacial score (nSPS) is 10.1. The number of hydrogen-bond donors (Lipinski definition) is 3. The van der Waals surface area contributed by atoms with Crippen molar-refractivity contribution in [1.29, 1.82) is 0 Å². The number of nitrogens with one attached hydrogen (secondary N) is 3. The Morgan fingerprint density at radius 1 is 1.23 bits per heavy atom. The Kier molecular flexibility index (Phi) is 4.31. The highest BCUT2D eigenvalue weighted by Gasteiger charge is 2.15. The maximum Gasteiger partial charge on any atom is 0.325 e. The number of nitrogens with zero attached hydrogens (tertiary/aromatic N) is 1. The Morgan fingerprint density at radius 3 is 2.50 bits per heavy atom. The van der Waals surface area contributed by atoms with E-state index < -0.39 is 11.6 Å². The first-order chi connectivity index (χ1) is 10.4. The number of amides is 2. The molecule has 1 heterocycles. The quantitative estimate of drug-likeness (QED) is 0.781. The lowest BCUT2D eigenvalue weighted by Crippen LogP contribution is -2.21. The van der Waals surface area contributed by atoms with E-state index in [1.807, 2.05) is 0 Å². The van der Waals surface area contributed by atoms with Crippen molar-refractivity contribution < 1.29 is 14.3 Å². The van der Waals surface area contributed by atoms with Crippen molar-refractivity contribution >= 4 is 23.2 Å². The van der Waals surface area contributed by atoms with Gasteiger partial charge in [-0.25, -0.2) is 4.79 Å². The van der Waals surface area contributed by atoms with E-state index in [-0.39, 0.29) is 11.6 Å². The standard InChI is InChI=1S/C14H16N4O4/c1-8(19)16-10-5-4-9(22-3)6-11(10)17-13(20)12-7-15-14(21)18(12)2/h4-7H,1-3H3,(H,15,21)(H,16,19)(H,17,20). The topological polar surface area (TPSA) is 105 Å². The average molecular weight is 304 g/mol. The molecule has 0 bridgehead atoms. The molecule has 22 heavy (non-hydrogen) atoms. The van der Waals surface area contributed by atoms with Crippen LogP contribution in [0.3, 0.4) is 0 Å². The van der Waals surface area contributed by atoms with E-state index in [2.05, 4.69) is 15.6 Å². The van der Waals surface area contributed by atoms with Crippen molar-refractivity contribution in [2.24, 2.45) is 7.05 Å². The van der Waals surface area contributed by atoms with Crippen LogP contribution in [0.5, 0.6) is 5.75 Å². The lowest BCUT2D eigenvalue weighted by molar-refractivity contribution is -0.114. The third-order valence-electron chi connectivity index (χ3n) is 3.02. The molecule has 2 aromatic rings. The van der Waals surface area contributed by atoms with Crippen LogP contribution in [0.1, 0.15) is 17.4 Å². The molecular formula is C14H16N4O4. The number of H-pyrrole nitrogens is 1. The summed E-state index contributed by atoms with van der Waals surface area (Å²) >= 11 is 0. The summed E-state index contributed by atoms with van der Waals surface area (Å²) in [4.78, 5) is 37.3. The molecule has 3 N–H and O–H groups in total. The number of aromatic amines is 1. The van der Waals surface area contributed by atoms with Crippen molar-refractivity contribution in [3.8, 4) is 5.75 Å². The van der Waals surface area contributed by atoms with Crippen molar-refractivity contribution in [1.82, 2.24) is 9.55 Å². The van der Waals surface area contributed by atoms with Gasteiger partial charge in [-0.15, -0.1) is 0 Å². The Hall–Kier alpha value is -3.03. The highest BCUT2D eigenvalue weighted by Crippen LogP contribution is 2.27. The summed E-state index contributed by atoms with van der Waals surface area (Å²) in [5, 5.41) is 5.26. The maximum atomic E-state index is 12.2. The van der Waals surface area contributed by atoms with E-state index in [4.69, 9.17) is 4.74 Å². The van der Waals surface area contributed by atoms with Crippen LogP contribution >= 0.6 is 0 Å². The summed E-state index contributed by atoms with van der Waals surface area (Å²) in [6, 6.07) is 4.85. The van der Waals surface area contributed by atoms with E-state index in [0.717, 1.165) is 0 Å². The van der Waals surface area contributed by atoms with Gasteiger partial charge in [-0.05, 0) is 12.1 Å². The van der Waals surface area contributed by atoms with Gasteiger partial charge in [0.1, 0.15) is 11.4 Å². The zero-order chi connectivity index (χ0) is 16.3. The Morgan fingerprint density at radius 2 is 1.95 bits per heavy atom. The van der Waals surface area contributed by atoms with E-state index in [1.165, 1.54) is 31.8 Å². The van der Waals surface area contributed by atoms with Gasteiger partial charge in [0.25, 0.3) is 5.91 Å². The molecule has 0 radical (unpaired) electrons. The predicted octanol–water partition coefficient (Wildman–Crippen LogP) is 0.933. The molecule has 0 saturated heterocycles. The number of methoxy groups -OCH3 is 1. The minimum Gasteiger partial charge on any atom is -0.497 e. The number of ether oxygens (including phenoxy) is 1. The number of anilines is 2. The molecule has 1 aromatic heterocycles. The van der Waals surface area contributed by atoms with Gasteiger partial charge in [0.2, 0.25) is 5.91 Å². The highest BCUT2D eigenvalue weighted by atomic mass is 16.5. The minimum absolute atomic E-state index is 0.168. The average Bonchev–Trinajstić information content (AvgIpc) is 2.80. The van der Waals surface area contributed by atoms with E-state index >= 15 is 0 Å². The molecular weight excluding hydrogens is 288 g/mol. The third-order valence-corrected chi connectivity index (χ3v) is 3.02. The van der Waals surface area contributed by atoms with E-state index in [9.17, 15) is 14.4 Å². The van der Waals surface area contributed by atoms with Crippen molar-refractivity contribution in [2.45, 2.75) is 6.92 Å². The first-order valence-corrected chi connectivity index (χ1v) is 6.43. The van der Waals surface area contributed by atoms with Crippen LogP contribution in [-0.2, 0) is 11.8 Å². The van der Waals surface area contributed by atoms with Crippen LogP contribution in [-0.4, -0.2) is 28.5 Å². The first-order valence-electron chi connectivity index (χ1n) is 6.43. The molecule has 0 unspecified atom stereocenters. The van der Waals surface area contributed by atoms with E-state index in [1.54, 1.807) is 18.2 Å². The van der Waals surface area contributed by atoms with Gasteiger partial charge in [-0.3, -0.25) is 14.2 Å². The molecule has 0 aliphatic heterocycles. The molecule has 2 amide bonds. The van der Waals surface area contributed by atoms with Crippen LogP contribution in [0.4, 0.5) is 11.4 Å². The summed E-state index contributed by atoms with van der Waals surface area (Å²) in [5.41, 5.74) is 0.579. The van der Waals surface area contributed by atoms with Gasteiger partial charge in [0.05, 0.1) is 18.5 Å². The molecule has 0 spiro atoms. The van der Waals surface area contributed by atoms with Crippen LogP contribution in [0.2, 0.25) is 0 Å². The molecule has 8 nitrogen and oxygen atoms in total. The lowest BCUT2D eigenvalue weighted by Gasteiger charge is -2.13. The van der Waals surface area contributed by atoms with Crippen LogP contribution in [0.25, 0.3) is 0 Å². The molecule has 0 aliphatic carbocycles. The van der Waals surface area contributed by atoms with Crippen LogP contribution in [0, 0.1) is 0 Å². The van der Waals surface area contributed by atoms with Gasteiger partial charge in [-0.2, -0.15) is 0 Å². The second kappa shape index (κ2) is 6.17. The number of carbonyl (C=O) groups is 2. The Bertz CT molecular complexity index is 775. The number of hydrogen-bond acceptors (Lipinski definition) is 4. The number of carbonyl (C=O) groups excluding carboxylic acids is 2. The minimum atomic E-state index is -0.485. The number of aromatic nitrogens is 2. The zero-order valence-electron chi connectivity index (χ0n) is 12.4. The van der Waals surface area contributed by atoms with Gasteiger partial charge in [0.15, 0.2) is 0 Å². The summed E-state index contributed by atoms with van der Waals surface area (Å²) in [6.07, 6.45) is 1.32. The fourth-order valence-electron chi connectivity index (χ4n) is 1.89. The fraction of sp³-hybridized carbons (Fsp3) is 0.214. The highest BCUT2D eigenvalue weighted by molar-refractivity contribution is 6.06. The molecule has 0 aliphatic rings. The van der Waals surface area contributed by atoms with Gasteiger partial charge in [-0.1, -0.05) is 0 Å². The smallest absolute Gasteiger partial charge is 0.325 e. The van der Waals surface area contributed by atoms with Crippen molar-refractivity contribution in [3.63, 3.8) is 0 Å². The van der Waals surface area contributed by atoms with Gasteiger partial charge >= 0.3 is 5.69 Å². The summed E-state index contributed by atoms with van der Waals surface area (Å²) in [6.45, 7) is 1.37. The fourth-order valence-corrected chi connectivity index (χ4v) is 1.89. The van der Waals surface area contributed by atoms with Crippen molar-refractivity contribution in [3.05, 3.63) is 40.6 Å². The van der Waals surface area contributed by atoms with Gasteiger partial charge in [0, 0.05) is 26.2 Å². The van der Waals surface area contributed by atoms with E-state index in [0.29, 0.717) is 17.1 Å². The predicted molar refractivity (Wildman–Crippen MR) is 81.3 cm³/mol. The molecule has 0 saturated carbocycles. The second-order valence-electron chi connectivity index (χ2n) is 4.58. The largest absolute Gasteiger partial charge is 0.497 e. The lowest BCUT2D eigenvalue weighted by atomic mass is 10.2. The zero-order valence-corrected chi connectivity index (χ0v) is 12.4. The third kappa shape index (κ3) is 3.17. The molecule has 8 heteroatoms. The summed E-state index contributed by atoms with van der Waals surface area (Å²) in [5.74, 6) is -0.234. The molecule has 1 aromatic carbocycles. The monoisotopic (exact) mass is 304 g/mol. The number of imidazole rings is 1. The first kappa shape index (κ1) is 15.4. The summed E-state index contributed by atoms with van der Waals surface area (Å²) < 4.78 is 6.29. The summed E-state index contributed by atoms with van der Waals surface area (Å²) in [7, 11) is 2.98. The maximum absolute atomic E-state index is 12.2. The Balaban J connectivity index is 2.34. The Labute approximate surface area is 126 Å². The van der Waals surface area contributed by atoms with Crippen LogP contribution < -0.4 is 21.1 Å². The molecule has 0 atom stereocenters. The van der Waals surface area contributed by atoms with Crippen LogP contribution in [0.15, 0.2) is 29.2 Å². The second-order valence-corrected chi connectivity index (χ2v) is 4.58. The van der Waals surface area contributed by atoms with Gasteiger partial charge < -0.3 is 20.4 Å². The number of rotatable bonds is 4. The molecule has 2 rings (SSSR count). The van der Waals surface area contributed by atoms with Crippen molar-refractivity contribution in [2.75, 3.05) is 17.7 Å².